The van der Waals surface area contributed by atoms with Crippen molar-refractivity contribution in [3.05, 3.63) is 96.1 Å². The fourth-order valence-electron chi connectivity index (χ4n) is 4.22. The number of rotatable bonds is 8. The van der Waals surface area contributed by atoms with Gasteiger partial charge in [0, 0.05) is 18.8 Å². The molecule has 7 heteroatoms. The summed E-state index contributed by atoms with van der Waals surface area (Å²) >= 11 is 0. The molecule has 1 unspecified atom stereocenters. The standard InChI is InChI=1S/C27H31N3O3S/c1-21(28-26(22-11-5-2-6-12-22)23-13-7-3-8-14-23)27(31)29-24-15-17-25(18-16-24)34(32,33)30-19-9-4-10-20-30/h2-3,5-8,11-18,21,26,28H,4,9-10,19-20H2,1H3,(H,29,31). The van der Waals surface area contributed by atoms with E-state index < -0.39 is 16.1 Å². The Morgan fingerprint density at radius 3 is 1.85 bits per heavy atom. The smallest absolute Gasteiger partial charge is 0.243 e. The third-order valence-electron chi connectivity index (χ3n) is 6.15. The van der Waals surface area contributed by atoms with Crippen LogP contribution >= 0.6 is 0 Å². The van der Waals surface area contributed by atoms with Crippen LogP contribution in [0.2, 0.25) is 0 Å². The lowest BCUT2D eigenvalue weighted by Gasteiger charge is -2.26. The molecule has 1 heterocycles. The summed E-state index contributed by atoms with van der Waals surface area (Å²) in [6.45, 7) is 2.95. The molecule has 1 atom stereocenters. The second kappa shape index (κ2) is 11.0. The van der Waals surface area contributed by atoms with Crippen LogP contribution < -0.4 is 10.6 Å². The van der Waals surface area contributed by atoms with E-state index in [4.69, 9.17) is 0 Å². The highest BCUT2D eigenvalue weighted by Gasteiger charge is 2.26. The quantitative estimate of drug-likeness (QED) is 0.498. The second-order valence-corrected chi connectivity index (χ2v) is 10.6. The van der Waals surface area contributed by atoms with E-state index >= 15 is 0 Å². The fraction of sp³-hybridized carbons (Fsp3) is 0.296. The van der Waals surface area contributed by atoms with Gasteiger partial charge in [-0.1, -0.05) is 67.1 Å². The van der Waals surface area contributed by atoms with Gasteiger partial charge in [-0.25, -0.2) is 8.42 Å². The average molecular weight is 478 g/mol. The first-order valence-corrected chi connectivity index (χ1v) is 13.2. The molecule has 0 spiro atoms. The van der Waals surface area contributed by atoms with Gasteiger partial charge in [0.05, 0.1) is 17.0 Å². The number of hydrogen-bond donors (Lipinski definition) is 2. The molecule has 0 aromatic heterocycles. The summed E-state index contributed by atoms with van der Waals surface area (Å²) in [5.74, 6) is -0.191. The second-order valence-electron chi connectivity index (χ2n) is 8.62. The highest BCUT2D eigenvalue weighted by atomic mass is 32.2. The lowest BCUT2D eigenvalue weighted by atomic mass is 9.98. The number of carbonyl (C=O) groups excluding carboxylic acids is 1. The molecule has 1 saturated heterocycles. The van der Waals surface area contributed by atoms with Gasteiger partial charge in [0.25, 0.3) is 0 Å². The van der Waals surface area contributed by atoms with Gasteiger partial charge < -0.3 is 5.32 Å². The van der Waals surface area contributed by atoms with Gasteiger partial charge in [-0.2, -0.15) is 4.31 Å². The molecule has 1 fully saturated rings. The summed E-state index contributed by atoms with van der Waals surface area (Å²) in [6, 6.07) is 25.8. The number of anilines is 1. The van der Waals surface area contributed by atoms with Crippen molar-refractivity contribution < 1.29 is 13.2 Å². The molecule has 3 aromatic rings. The van der Waals surface area contributed by atoms with Crippen LogP contribution in [0.3, 0.4) is 0 Å². The summed E-state index contributed by atoms with van der Waals surface area (Å²) in [4.78, 5) is 13.2. The Bertz CT molecular complexity index is 1140. The van der Waals surface area contributed by atoms with Crippen molar-refractivity contribution in [2.24, 2.45) is 0 Å². The summed E-state index contributed by atoms with van der Waals surface area (Å²) in [5.41, 5.74) is 2.70. The van der Waals surface area contributed by atoms with Crippen LogP contribution in [-0.4, -0.2) is 37.8 Å². The molecule has 1 amide bonds. The first-order valence-electron chi connectivity index (χ1n) is 11.7. The van der Waals surface area contributed by atoms with E-state index in [1.165, 1.54) is 0 Å². The van der Waals surface area contributed by atoms with Gasteiger partial charge in [-0.3, -0.25) is 10.1 Å². The van der Waals surface area contributed by atoms with Crippen molar-refractivity contribution in [1.82, 2.24) is 9.62 Å². The lowest BCUT2D eigenvalue weighted by molar-refractivity contribution is -0.117. The maximum atomic E-state index is 12.9. The summed E-state index contributed by atoms with van der Waals surface area (Å²) in [7, 11) is -3.49. The summed E-state index contributed by atoms with van der Waals surface area (Å²) < 4.78 is 27.2. The molecule has 178 valence electrons. The Kier molecular flexibility index (Phi) is 7.77. The normalized spacial score (nSPS) is 15.7. The van der Waals surface area contributed by atoms with E-state index in [0.29, 0.717) is 18.8 Å². The van der Waals surface area contributed by atoms with Crippen LogP contribution in [0.4, 0.5) is 5.69 Å². The van der Waals surface area contributed by atoms with E-state index in [9.17, 15) is 13.2 Å². The Morgan fingerprint density at radius 1 is 0.794 bits per heavy atom. The maximum Gasteiger partial charge on any atom is 0.243 e. The van der Waals surface area contributed by atoms with Crippen molar-refractivity contribution in [2.75, 3.05) is 18.4 Å². The van der Waals surface area contributed by atoms with Crippen LogP contribution in [0.25, 0.3) is 0 Å². The lowest BCUT2D eigenvalue weighted by Crippen LogP contribution is -2.40. The van der Waals surface area contributed by atoms with Crippen molar-refractivity contribution in [3.8, 4) is 0 Å². The van der Waals surface area contributed by atoms with E-state index in [0.717, 1.165) is 30.4 Å². The van der Waals surface area contributed by atoms with Gasteiger partial charge in [0.15, 0.2) is 0 Å². The van der Waals surface area contributed by atoms with Crippen LogP contribution in [0, 0.1) is 0 Å². The van der Waals surface area contributed by atoms with Crippen molar-refractivity contribution >= 4 is 21.6 Å². The minimum absolute atomic E-state index is 0.139. The fourth-order valence-corrected chi connectivity index (χ4v) is 5.73. The molecule has 3 aromatic carbocycles. The molecule has 0 saturated carbocycles. The van der Waals surface area contributed by atoms with Crippen LogP contribution in [0.1, 0.15) is 43.4 Å². The van der Waals surface area contributed by atoms with Crippen molar-refractivity contribution in [2.45, 2.75) is 43.2 Å². The largest absolute Gasteiger partial charge is 0.325 e. The number of benzene rings is 3. The van der Waals surface area contributed by atoms with Crippen LogP contribution in [-0.2, 0) is 14.8 Å². The minimum Gasteiger partial charge on any atom is -0.325 e. The van der Waals surface area contributed by atoms with Crippen molar-refractivity contribution in [1.29, 1.82) is 0 Å². The zero-order chi connectivity index (χ0) is 24.0. The predicted octanol–water partition coefficient (Wildman–Crippen LogP) is 4.57. The van der Waals surface area contributed by atoms with E-state index in [1.54, 1.807) is 28.6 Å². The number of sulfonamides is 1. The zero-order valence-corrected chi connectivity index (χ0v) is 20.2. The number of carbonyl (C=O) groups is 1. The summed E-state index contributed by atoms with van der Waals surface area (Å²) in [6.07, 6.45) is 2.86. The minimum atomic E-state index is -3.49. The van der Waals surface area contributed by atoms with E-state index in [1.807, 2.05) is 67.6 Å². The van der Waals surface area contributed by atoms with E-state index in [2.05, 4.69) is 10.6 Å². The molecule has 1 aliphatic heterocycles. The third kappa shape index (κ3) is 5.73. The zero-order valence-electron chi connectivity index (χ0n) is 19.4. The molecule has 0 bridgehead atoms. The first-order chi connectivity index (χ1) is 16.4. The monoisotopic (exact) mass is 477 g/mol. The number of nitrogens with zero attached hydrogens (tertiary/aromatic N) is 1. The first kappa shape index (κ1) is 24.1. The molecular formula is C27H31N3O3S. The molecule has 2 N–H and O–H groups in total. The highest BCUT2D eigenvalue weighted by molar-refractivity contribution is 7.89. The Labute approximate surface area is 202 Å². The van der Waals surface area contributed by atoms with Gasteiger partial charge in [0.1, 0.15) is 0 Å². The predicted molar refractivity (Wildman–Crippen MR) is 135 cm³/mol. The molecule has 0 radical (unpaired) electrons. The molecule has 1 aliphatic rings. The molecular weight excluding hydrogens is 446 g/mol. The van der Waals surface area contributed by atoms with Gasteiger partial charge in [0.2, 0.25) is 15.9 Å². The SMILES string of the molecule is CC(NC(c1ccccc1)c1ccccc1)C(=O)Nc1ccc(S(=O)(=O)N2CCCCC2)cc1. The average Bonchev–Trinajstić information content (AvgIpc) is 2.89. The van der Waals surface area contributed by atoms with E-state index in [-0.39, 0.29) is 16.8 Å². The Balaban J connectivity index is 1.43. The topological polar surface area (TPSA) is 78.5 Å². The maximum absolute atomic E-state index is 12.9. The van der Waals surface area contributed by atoms with Crippen LogP contribution in [0.15, 0.2) is 89.8 Å². The molecule has 6 nitrogen and oxygen atoms in total. The third-order valence-corrected chi connectivity index (χ3v) is 8.06. The van der Waals surface area contributed by atoms with Gasteiger partial charge in [-0.05, 0) is 55.2 Å². The number of piperidine rings is 1. The van der Waals surface area contributed by atoms with Crippen LogP contribution in [0.5, 0.6) is 0 Å². The van der Waals surface area contributed by atoms with Crippen molar-refractivity contribution in [3.63, 3.8) is 0 Å². The number of nitrogens with one attached hydrogen (secondary N) is 2. The van der Waals surface area contributed by atoms with Gasteiger partial charge in [-0.15, -0.1) is 0 Å². The molecule has 0 aliphatic carbocycles. The Morgan fingerprint density at radius 2 is 1.32 bits per heavy atom. The molecule has 4 rings (SSSR count). The number of hydrogen-bond acceptors (Lipinski definition) is 4. The highest BCUT2D eigenvalue weighted by Crippen LogP contribution is 2.24. The van der Waals surface area contributed by atoms with Gasteiger partial charge >= 0.3 is 0 Å². The Hall–Kier alpha value is -3.00. The summed E-state index contributed by atoms with van der Waals surface area (Å²) in [5, 5.41) is 6.33. The molecule has 34 heavy (non-hydrogen) atoms. The number of amides is 1.